The van der Waals surface area contributed by atoms with Crippen LogP contribution in [0.4, 0.5) is 0 Å². The van der Waals surface area contributed by atoms with Crippen molar-refractivity contribution >= 4 is 11.8 Å². The molecular weight excluding hydrogens is 304 g/mol. The van der Waals surface area contributed by atoms with Gasteiger partial charge in [-0.25, -0.2) is 0 Å². The van der Waals surface area contributed by atoms with Crippen LogP contribution < -0.4 is 0 Å². The van der Waals surface area contributed by atoms with E-state index in [0.717, 1.165) is 6.42 Å². The smallest absolute Gasteiger partial charge is 0.303 e. The lowest BCUT2D eigenvalue weighted by atomic mass is 10.1. The molecule has 0 unspecified atom stereocenters. The standard InChI is InChI=1S/C20H30O4/c1-2-3-4-5-6-9-13-18(21)14-10-7-8-11-15-19(22)16-12-17-20(23)24/h6-11,14-15,18,21H,2-5,12-13,16-17H2,1H3,(H,23,24)/b8-7-,9-6-,14-10+,15-11+/t18-/m0/s1. The topological polar surface area (TPSA) is 74.6 Å². The van der Waals surface area contributed by atoms with E-state index in [1.807, 2.05) is 6.08 Å². The molecule has 4 nitrogen and oxygen atoms in total. The largest absolute Gasteiger partial charge is 0.481 e. The van der Waals surface area contributed by atoms with Crippen molar-refractivity contribution in [1.82, 2.24) is 0 Å². The van der Waals surface area contributed by atoms with Crippen molar-refractivity contribution < 1.29 is 19.8 Å². The first kappa shape index (κ1) is 22.1. The Balaban J connectivity index is 3.83. The number of carbonyl (C=O) groups excluding carboxylic acids is 1. The molecule has 0 aromatic heterocycles. The number of aliphatic hydroxyl groups excluding tert-OH is 1. The van der Waals surface area contributed by atoms with E-state index in [2.05, 4.69) is 13.0 Å². The fraction of sp³-hybridized carbons (Fsp3) is 0.500. The second-order valence-corrected chi connectivity index (χ2v) is 5.61. The first-order valence-electron chi connectivity index (χ1n) is 8.65. The van der Waals surface area contributed by atoms with Gasteiger partial charge in [0.05, 0.1) is 6.10 Å². The molecule has 0 aliphatic rings. The maximum absolute atomic E-state index is 11.4. The van der Waals surface area contributed by atoms with E-state index >= 15 is 0 Å². The van der Waals surface area contributed by atoms with Gasteiger partial charge in [0, 0.05) is 12.8 Å². The van der Waals surface area contributed by atoms with E-state index in [-0.39, 0.29) is 18.6 Å². The summed E-state index contributed by atoms with van der Waals surface area (Å²) >= 11 is 0. The summed E-state index contributed by atoms with van der Waals surface area (Å²) in [6.45, 7) is 2.18. The van der Waals surface area contributed by atoms with Crippen molar-refractivity contribution in [2.75, 3.05) is 0 Å². The molecule has 1 atom stereocenters. The van der Waals surface area contributed by atoms with Crippen LogP contribution in [-0.4, -0.2) is 28.1 Å². The summed E-state index contributed by atoms with van der Waals surface area (Å²) < 4.78 is 0. The molecule has 0 saturated carbocycles. The minimum absolute atomic E-state index is 0.0170. The molecule has 0 aromatic carbocycles. The maximum atomic E-state index is 11.4. The highest BCUT2D eigenvalue weighted by Crippen LogP contribution is 2.02. The summed E-state index contributed by atoms with van der Waals surface area (Å²) in [5.74, 6) is -0.968. The number of carboxylic acid groups (broad SMARTS) is 1. The molecule has 0 bridgehead atoms. The molecule has 0 rings (SSSR count). The highest BCUT2D eigenvalue weighted by Gasteiger charge is 1.99. The SMILES string of the molecule is CCCCC/C=C\C[C@H](O)/C=C/C=C\C=C\C(=O)CCCC(=O)O. The third-order valence-electron chi connectivity index (χ3n) is 3.28. The Morgan fingerprint density at radius 1 is 0.958 bits per heavy atom. The Morgan fingerprint density at radius 3 is 2.42 bits per heavy atom. The monoisotopic (exact) mass is 334 g/mol. The predicted molar refractivity (Wildman–Crippen MR) is 97.8 cm³/mol. The van der Waals surface area contributed by atoms with Crippen molar-refractivity contribution in [3.63, 3.8) is 0 Å². The van der Waals surface area contributed by atoms with Gasteiger partial charge in [0.1, 0.15) is 0 Å². The molecule has 2 N–H and O–H groups in total. The van der Waals surface area contributed by atoms with E-state index in [9.17, 15) is 14.7 Å². The number of carboxylic acids is 1. The number of ketones is 1. The third-order valence-corrected chi connectivity index (χ3v) is 3.28. The molecule has 0 saturated heterocycles. The van der Waals surface area contributed by atoms with Crippen LogP contribution in [0.2, 0.25) is 0 Å². The number of allylic oxidation sites excluding steroid dienone is 6. The van der Waals surface area contributed by atoms with Crippen LogP contribution in [0.5, 0.6) is 0 Å². The van der Waals surface area contributed by atoms with Crippen LogP contribution in [0.3, 0.4) is 0 Å². The third kappa shape index (κ3) is 16.4. The molecule has 0 fully saturated rings. The highest BCUT2D eigenvalue weighted by atomic mass is 16.4. The van der Waals surface area contributed by atoms with Crippen LogP contribution in [0, 0.1) is 0 Å². The summed E-state index contributed by atoms with van der Waals surface area (Å²) in [5.41, 5.74) is 0. The molecule has 0 aliphatic carbocycles. The van der Waals surface area contributed by atoms with Gasteiger partial charge < -0.3 is 10.2 Å². The second-order valence-electron chi connectivity index (χ2n) is 5.61. The maximum Gasteiger partial charge on any atom is 0.303 e. The fourth-order valence-corrected chi connectivity index (χ4v) is 1.93. The lowest BCUT2D eigenvalue weighted by Gasteiger charge is -1.99. The highest BCUT2D eigenvalue weighted by molar-refractivity contribution is 5.90. The van der Waals surface area contributed by atoms with E-state index in [0.29, 0.717) is 12.8 Å². The van der Waals surface area contributed by atoms with Crippen molar-refractivity contribution in [2.24, 2.45) is 0 Å². The minimum atomic E-state index is -0.883. The van der Waals surface area contributed by atoms with Crippen molar-refractivity contribution in [3.8, 4) is 0 Å². The summed E-state index contributed by atoms with van der Waals surface area (Å²) in [4.78, 5) is 21.7. The molecule has 0 spiro atoms. The number of hydrogen-bond acceptors (Lipinski definition) is 3. The lowest BCUT2D eigenvalue weighted by Crippen LogP contribution is -1.98. The second kappa shape index (κ2) is 15.9. The van der Waals surface area contributed by atoms with Crippen molar-refractivity contribution in [2.45, 2.75) is 64.4 Å². The quantitative estimate of drug-likeness (QED) is 0.214. The molecule has 0 aromatic rings. The van der Waals surface area contributed by atoms with E-state index in [1.165, 1.54) is 25.3 Å². The first-order valence-corrected chi connectivity index (χ1v) is 8.65. The average Bonchev–Trinajstić information content (AvgIpc) is 2.53. The zero-order valence-electron chi connectivity index (χ0n) is 14.6. The zero-order valence-corrected chi connectivity index (χ0v) is 14.6. The van der Waals surface area contributed by atoms with Gasteiger partial charge in [-0.1, -0.05) is 62.3 Å². The van der Waals surface area contributed by atoms with Crippen LogP contribution in [0.15, 0.2) is 48.6 Å². The lowest BCUT2D eigenvalue weighted by molar-refractivity contribution is -0.137. The minimum Gasteiger partial charge on any atom is -0.481 e. The van der Waals surface area contributed by atoms with E-state index in [1.54, 1.807) is 30.4 Å². The van der Waals surface area contributed by atoms with E-state index in [4.69, 9.17) is 5.11 Å². The Morgan fingerprint density at radius 2 is 1.71 bits per heavy atom. The van der Waals surface area contributed by atoms with Gasteiger partial charge in [0.15, 0.2) is 5.78 Å². The van der Waals surface area contributed by atoms with Gasteiger partial charge in [0.25, 0.3) is 0 Å². The van der Waals surface area contributed by atoms with Gasteiger partial charge in [-0.2, -0.15) is 0 Å². The fourth-order valence-electron chi connectivity index (χ4n) is 1.93. The number of carbonyl (C=O) groups is 2. The summed E-state index contributed by atoms with van der Waals surface area (Å²) in [6, 6.07) is 0. The van der Waals surface area contributed by atoms with Gasteiger partial charge in [0.2, 0.25) is 0 Å². The number of aliphatic carboxylic acids is 1. The molecule has 0 radical (unpaired) electrons. The first-order chi connectivity index (χ1) is 11.6. The Hall–Kier alpha value is -1.94. The summed E-state index contributed by atoms with van der Waals surface area (Å²) in [5, 5.41) is 18.2. The Kier molecular flexibility index (Phi) is 14.6. The van der Waals surface area contributed by atoms with Crippen LogP contribution >= 0.6 is 0 Å². The molecule has 4 heteroatoms. The van der Waals surface area contributed by atoms with Crippen molar-refractivity contribution in [3.05, 3.63) is 48.6 Å². The molecule has 24 heavy (non-hydrogen) atoms. The normalized spacial score (nSPS) is 13.6. The van der Waals surface area contributed by atoms with Crippen LogP contribution in [0.1, 0.15) is 58.3 Å². The van der Waals surface area contributed by atoms with Crippen molar-refractivity contribution in [1.29, 1.82) is 0 Å². The summed E-state index contributed by atoms with van der Waals surface area (Å²) in [7, 11) is 0. The van der Waals surface area contributed by atoms with Crippen LogP contribution in [-0.2, 0) is 9.59 Å². The van der Waals surface area contributed by atoms with E-state index < -0.39 is 12.1 Å². The Bertz CT molecular complexity index is 458. The number of hydrogen-bond donors (Lipinski definition) is 2. The molecule has 0 heterocycles. The van der Waals surface area contributed by atoms with Crippen LogP contribution in [0.25, 0.3) is 0 Å². The van der Waals surface area contributed by atoms with Gasteiger partial charge >= 0.3 is 5.97 Å². The number of unbranched alkanes of at least 4 members (excludes halogenated alkanes) is 3. The molecular formula is C20H30O4. The molecule has 0 aliphatic heterocycles. The molecule has 134 valence electrons. The predicted octanol–water partition coefficient (Wildman–Crippen LogP) is 4.37. The van der Waals surface area contributed by atoms with Gasteiger partial charge in [-0.15, -0.1) is 0 Å². The van der Waals surface area contributed by atoms with Gasteiger partial charge in [-0.3, -0.25) is 9.59 Å². The average molecular weight is 334 g/mol. The zero-order chi connectivity index (χ0) is 18.0. The number of rotatable bonds is 14. The summed E-state index contributed by atoms with van der Waals surface area (Å²) in [6.07, 6.45) is 19.5. The molecule has 0 amide bonds. The van der Waals surface area contributed by atoms with Gasteiger partial charge in [-0.05, 0) is 31.8 Å². The Labute approximate surface area is 145 Å². The number of aliphatic hydroxyl groups is 1.